The molecule has 0 saturated heterocycles. The maximum Gasteiger partial charge on any atom is 0.207 e. The zero-order valence-electron chi connectivity index (χ0n) is 18.4. The Morgan fingerprint density at radius 2 is 2.03 bits per heavy atom. The Morgan fingerprint density at radius 1 is 1.30 bits per heavy atom. The molecule has 0 amide bonds. The number of benzene rings is 1. The van der Waals surface area contributed by atoms with Gasteiger partial charge in [0.2, 0.25) is 6.19 Å². The summed E-state index contributed by atoms with van der Waals surface area (Å²) in [6.07, 6.45) is 4.00. The molecule has 6 nitrogen and oxygen atoms in total. The Hall–Kier alpha value is -2.14. The first-order chi connectivity index (χ1) is 14.2. The molecule has 0 unspecified atom stereocenters. The second kappa shape index (κ2) is 10.8. The molecular formula is C22H29ClN4O2S. The van der Waals surface area contributed by atoms with Crippen LogP contribution in [0.3, 0.4) is 0 Å². The number of aliphatic imine (C=N–C) groups is 1. The number of hydrogen-bond acceptors (Lipinski definition) is 5. The second-order valence-electron chi connectivity index (χ2n) is 8.30. The summed E-state index contributed by atoms with van der Waals surface area (Å²) in [4.78, 5) is 10.8. The number of halogens is 1. The van der Waals surface area contributed by atoms with Crippen LogP contribution in [0.4, 0.5) is 0 Å². The van der Waals surface area contributed by atoms with Crippen LogP contribution in [0.2, 0.25) is 5.02 Å². The van der Waals surface area contributed by atoms with Gasteiger partial charge in [-0.25, -0.2) is 0 Å². The Morgan fingerprint density at radius 3 is 2.63 bits per heavy atom. The Bertz CT molecular complexity index is 994. The van der Waals surface area contributed by atoms with Crippen molar-refractivity contribution in [1.29, 1.82) is 5.26 Å². The van der Waals surface area contributed by atoms with Crippen LogP contribution in [0.5, 0.6) is 5.75 Å². The summed E-state index contributed by atoms with van der Waals surface area (Å²) >= 11 is 7.83. The summed E-state index contributed by atoms with van der Waals surface area (Å²) in [6.45, 7) is 12.5. The van der Waals surface area contributed by atoms with E-state index < -0.39 is 0 Å². The highest BCUT2D eigenvalue weighted by molar-refractivity contribution is 7.09. The highest BCUT2D eigenvalue weighted by Crippen LogP contribution is 2.26. The molecule has 0 bridgehead atoms. The van der Waals surface area contributed by atoms with E-state index >= 15 is 0 Å². The minimum Gasteiger partial charge on any atom is -0.490 e. The fraction of sp³-hybridized carbons (Fsp3) is 0.500. The molecule has 0 spiro atoms. The predicted octanol–water partition coefficient (Wildman–Crippen LogP) is 5.01. The lowest BCUT2D eigenvalue weighted by atomic mass is 9.95. The van der Waals surface area contributed by atoms with Crippen molar-refractivity contribution >= 4 is 28.8 Å². The first-order valence-corrected chi connectivity index (χ1v) is 11.0. The third kappa shape index (κ3) is 6.69. The van der Waals surface area contributed by atoms with Crippen LogP contribution in [0.25, 0.3) is 0 Å². The van der Waals surface area contributed by atoms with Crippen LogP contribution in [0, 0.1) is 17.4 Å². The normalized spacial score (nSPS) is 13.0. The average molecular weight is 449 g/mol. The number of amidine groups is 1. The van der Waals surface area contributed by atoms with Gasteiger partial charge in [0, 0.05) is 29.8 Å². The first-order valence-electron chi connectivity index (χ1n) is 9.79. The van der Waals surface area contributed by atoms with Gasteiger partial charge in [-0.3, -0.25) is 0 Å². The van der Waals surface area contributed by atoms with E-state index in [2.05, 4.69) is 50.4 Å². The molecule has 8 heteroatoms. The van der Waals surface area contributed by atoms with Crippen molar-refractivity contribution in [2.75, 3.05) is 20.3 Å². The van der Waals surface area contributed by atoms with E-state index in [1.807, 2.05) is 6.19 Å². The van der Waals surface area contributed by atoms with E-state index in [9.17, 15) is 5.26 Å². The van der Waals surface area contributed by atoms with Gasteiger partial charge < -0.3 is 14.0 Å². The number of methoxy groups -OCH3 is 1. The molecule has 30 heavy (non-hydrogen) atoms. The summed E-state index contributed by atoms with van der Waals surface area (Å²) in [5, 5.41) is 9.82. The quantitative estimate of drug-likeness (QED) is 0.258. The number of ether oxygens (including phenoxy) is 2. The molecule has 0 radical (unpaired) electrons. The number of aromatic nitrogens is 1. The lowest BCUT2D eigenvalue weighted by molar-refractivity contribution is 0.146. The van der Waals surface area contributed by atoms with Crippen molar-refractivity contribution in [2.45, 2.75) is 46.6 Å². The van der Waals surface area contributed by atoms with Crippen LogP contribution < -0.4 is 9.54 Å². The summed E-state index contributed by atoms with van der Waals surface area (Å²) in [7, 11) is 1.61. The van der Waals surface area contributed by atoms with Crippen LogP contribution in [-0.2, 0) is 16.7 Å². The third-order valence-corrected chi connectivity index (χ3v) is 5.79. The SMILES string of the molecule is COCCOc1ccc(Cl)cc1C(/N=c1\sc(C(C)(C)C)cn1CC(C)C)=N\C#N. The summed E-state index contributed by atoms with van der Waals surface area (Å²) < 4.78 is 13.0. The summed E-state index contributed by atoms with van der Waals surface area (Å²) in [5.41, 5.74) is 0.565. The van der Waals surface area contributed by atoms with Crippen molar-refractivity contribution in [3.8, 4) is 11.9 Å². The monoisotopic (exact) mass is 448 g/mol. The fourth-order valence-electron chi connectivity index (χ4n) is 2.66. The van der Waals surface area contributed by atoms with Crippen LogP contribution >= 0.6 is 22.9 Å². The number of rotatable bonds is 7. The third-order valence-electron chi connectivity index (χ3n) is 4.11. The molecular weight excluding hydrogens is 420 g/mol. The molecule has 0 fully saturated rings. The molecule has 0 saturated carbocycles. The maximum atomic E-state index is 9.30. The average Bonchev–Trinajstić information content (AvgIpc) is 3.05. The number of nitriles is 1. The molecule has 2 rings (SSSR count). The van der Waals surface area contributed by atoms with Gasteiger partial charge in [-0.05, 0) is 29.5 Å². The number of nitrogens with zero attached hydrogens (tertiary/aromatic N) is 4. The lowest BCUT2D eigenvalue weighted by Gasteiger charge is -2.14. The van der Waals surface area contributed by atoms with Gasteiger partial charge >= 0.3 is 0 Å². The highest BCUT2D eigenvalue weighted by atomic mass is 35.5. The van der Waals surface area contributed by atoms with Gasteiger partial charge in [0.05, 0.1) is 12.2 Å². The Balaban J connectivity index is 2.62. The maximum absolute atomic E-state index is 9.30. The van der Waals surface area contributed by atoms with Gasteiger partial charge in [0.15, 0.2) is 10.6 Å². The van der Waals surface area contributed by atoms with Crippen LogP contribution in [0.1, 0.15) is 45.1 Å². The first kappa shape index (κ1) is 24.1. The molecule has 1 aromatic heterocycles. The van der Waals surface area contributed by atoms with Crippen molar-refractivity contribution in [3.63, 3.8) is 0 Å². The second-order valence-corrected chi connectivity index (χ2v) is 9.75. The van der Waals surface area contributed by atoms with Crippen LogP contribution in [-0.4, -0.2) is 30.7 Å². The molecule has 0 aliphatic heterocycles. The molecule has 0 aliphatic carbocycles. The predicted molar refractivity (Wildman–Crippen MR) is 122 cm³/mol. The van der Waals surface area contributed by atoms with Crippen molar-refractivity contribution in [1.82, 2.24) is 4.57 Å². The zero-order chi connectivity index (χ0) is 22.3. The van der Waals surface area contributed by atoms with Crippen molar-refractivity contribution in [2.24, 2.45) is 15.9 Å². The Kier molecular flexibility index (Phi) is 8.65. The zero-order valence-corrected chi connectivity index (χ0v) is 20.0. The Labute approximate surface area is 187 Å². The number of thiazole rings is 1. The van der Waals surface area contributed by atoms with Gasteiger partial charge in [-0.2, -0.15) is 15.2 Å². The largest absolute Gasteiger partial charge is 0.490 e. The molecule has 1 aromatic carbocycles. The molecule has 0 N–H and O–H groups in total. The molecule has 162 valence electrons. The van der Waals surface area contributed by atoms with E-state index in [-0.39, 0.29) is 11.3 Å². The number of hydrogen-bond donors (Lipinski definition) is 0. The van der Waals surface area contributed by atoms with Gasteiger partial charge in [-0.15, -0.1) is 11.3 Å². The van der Waals surface area contributed by atoms with E-state index in [1.54, 1.807) is 36.6 Å². The standard InChI is InChI=1S/C22H29ClN4O2S/c1-15(2)12-27-13-19(22(3,4)5)30-21(27)26-20(25-14-24)17-11-16(23)7-8-18(17)29-10-9-28-6/h7-8,11,13,15H,9-10,12H2,1-6H3/b25-20+,26-21-. The van der Waals surface area contributed by atoms with E-state index in [1.165, 1.54) is 4.88 Å². The molecule has 0 atom stereocenters. The molecule has 1 heterocycles. The van der Waals surface area contributed by atoms with Gasteiger partial charge in [0.1, 0.15) is 12.4 Å². The van der Waals surface area contributed by atoms with Crippen LogP contribution in [0.15, 0.2) is 34.4 Å². The highest BCUT2D eigenvalue weighted by Gasteiger charge is 2.19. The topological polar surface area (TPSA) is 71.9 Å². The smallest absolute Gasteiger partial charge is 0.207 e. The minimum atomic E-state index is -0.00577. The van der Waals surface area contributed by atoms with E-state index in [4.69, 9.17) is 26.1 Å². The fourth-order valence-corrected chi connectivity index (χ4v) is 3.89. The summed E-state index contributed by atoms with van der Waals surface area (Å²) in [5.74, 6) is 1.27. The summed E-state index contributed by atoms with van der Waals surface area (Å²) in [6, 6.07) is 5.21. The van der Waals surface area contributed by atoms with E-state index in [0.717, 1.165) is 11.3 Å². The van der Waals surface area contributed by atoms with E-state index in [0.29, 0.717) is 35.5 Å². The molecule has 2 aromatic rings. The van der Waals surface area contributed by atoms with Crippen molar-refractivity contribution < 1.29 is 9.47 Å². The molecule has 0 aliphatic rings. The lowest BCUT2D eigenvalue weighted by Crippen LogP contribution is -2.19. The van der Waals surface area contributed by atoms with Gasteiger partial charge in [0.25, 0.3) is 0 Å². The van der Waals surface area contributed by atoms with Gasteiger partial charge in [-0.1, -0.05) is 46.2 Å². The van der Waals surface area contributed by atoms with Crippen molar-refractivity contribution in [3.05, 3.63) is 44.7 Å². The minimum absolute atomic E-state index is 0.00577.